The molecule has 1 heterocycles. The van der Waals surface area contributed by atoms with Crippen molar-refractivity contribution >= 4 is 23.4 Å². The molecular formula is C29H37ClFNO7. The third-order valence-corrected chi connectivity index (χ3v) is 10.4. The maximum absolute atomic E-state index is 17.8. The van der Waals surface area contributed by atoms with Crippen LogP contribution in [-0.2, 0) is 28.5 Å². The first kappa shape index (κ1) is 28.5. The van der Waals surface area contributed by atoms with Crippen LogP contribution in [0.5, 0.6) is 0 Å². The Morgan fingerprint density at radius 1 is 1.28 bits per heavy atom. The number of allylic oxidation sites excluding steroid dienone is 4. The molecule has 1 N–H and O–H groups in total. The molecule has 0 amide bonds. The van der Waals surface area contributed by atoms with Gasteiger partial charge < -0.3 is 24.1 Å². The second-order valence-electron chi connectivity index (χ2n) is 12.6. The number of halogens is 2. The first-order valence-electron chi connectivity index (χ1n) is 13.6. The molecule has 214 valence electrons. The second kappa shape index (κ2) is 9.27. The van der Waals surface area contributed by atoms with Crippen LogP contribution in [0.15, 0.2) is 23.0 Å². The van der Waals surface area contributed by atoms with E-state index < -0.39 is 70.3 Å². The fourth-order valence-corrected chi connectivity index (χ4v) is 8.78. The van der Waals surface area contributed by atoms with Crippen molar-refractivity contribution in [1.29, 1.82) is 5.26 Å². The van der Waals surface area contributed by atoms with Crippen molar-refractivity contribution in [2.45, 2.75) is 96.0 Å². The number of esters is 1. The predicted molar refractivity (Wildman–Crippen MR) is 138 cm³/mol. The van der Waals surface area contributed by atoms with Gasteiger partial charge in [-0.05, 0) is 57.1 Å². The average molecular weight is 566 g/mol. The van der Waals surface area contributed by atoms with Crippen LogP contribution < -0.4 is 0 Å². The van der Waals surface area contributed by atoms with Gasteiger partial charge in [-0.2, -0.15) is 5.26 Å². The first-order chi connectivity index (χ1) is 18.2. The molecule has 10 heteroatoms. The summed E-state index contributed by atoms with van der Waals surface area (Å²) in [5.41, 5.74) is -4.74. The summed E-state index contributed by atoms with van der Waals surface area (Å²) >= 11 is 5.79. The molecule has 0 radical (unpaired) electrons. The molecule has 0 aromatic rings. The molecule has 39 heavy (non-hydrogen) atoms. The molecule has 1 aliphatic heterocycles. The van der Waals surface area contributed by atoms with Crippen molar-refractivity contribution in [3.63, 3.8) is 0 Å². The van der Waals surface area contributed by atoms with Crippen molar-refractivity contribution in [2.75, 3.05) is 19.1 Å². The summed E-state index contributed by atoms with van der Waals surface area (Å²) in [7, 11) is 0. The van der Waals surface area contributed by atoms with E-state index in [1.807, 2.05) is 6.92 Å². The second-order valence-corrected chi connectivity index (χ2v) is 13.0. The number of Topliss-reactive ketones (excluding diaryl/α,β-unsaturated/α-hetero) is 1. The Bertz CT molecular complexity index is 1190. The van der Waals surface area contributed by atoms with Gasteiger partial charge in [-0.25, -0.2) is 4.39 Å². The van der Waals surface area contributed by atoms with E-state index in [0.29, 0.717) is 48.7 Å². The van der Waals surface area contributed by atoms with E-state index in [0.717, 1.165) is 0 Å². The number of rotatable bonds is 6. The quantitative estimate of drug-likeness (QED) is 0.375. The van der Waals surface area contributed by atoms with Crippen molar-refractivity contribution < 1.29 is 38.0 Å². The zero-order valence-corrected chi connectivity index (χ0v) is 23.9. The normalized spacial score (nSPS) is 43.8. The van der Waals surface area contributed by atoms with Crippen molar-refractivity contribution in [3.8, 4) is 6.07 Å². The molecule has 0 spiro atoms. The number of aliphatic hydroxyl groups is 1. The Morgan fingerprint density at radius 2 is 2.00 bits per heavy atom. The lowest BCUT2D eigenvalue weighted by molar-refractivity contribution is -0.248. The van der Waals surface area contributed by atoms with E-state index >= 15 is 4.39 Å². The Hall–Kier alpha value is -1.99. The molecule has 0 bridgehead atoms. The third kappa shape index (κ3) is 3.78. The minimum atomic E-state index is -2.06. The number of alkyl halides is 2. The topological polar surface area (TPSA) is 115 Å². The van der Waals surface area contributed by atoms with E-state index in [-0.39, 0.29) is 12.8 Å². The monoisotopic (exact) mass is 565 g/mol. The first-order valence-corrected chi connectivity index (χ1v) is 14.2. The molecule has 0 aromatic heterocycles. The minimum Gasteiger partial charge on any atom is -0.497 e. The Labute approximate surface area is 233 Å². The van der Waals surface area contributed by atoms with Gasteiger partial charge in [0.25, 0.3) is 0 Å². The Kier molecular flexibility index (Phi) is 6.78. The van der Waals surface area contributed by atoms with E-state index in [1.54, 1.807) is 26.8 Å². The highest BCUT2D eigenvalue weighted by Gasteiger charge is 2.80. The van der Waals surface area contributed by atoms with E-state index in [9.17, 15) is 20.0 Å². The van der Waals surface area contributed by atoms with Gasteiger partial charge in [0.15, 0.2) is 18.0 Å². The van der Waals surface area contributed by atoms with Crippen LogP contribution in [-0.4, -0.2) is 65.2 Å². The smallest absolute Gasteiger partial charge is 0.303 e. The summed E-state index contributed by atoms with van der Waals surface area (Å²) in [6, 6.07) is 2.31. The summed E-state index contributed by atoms with van der Waals surface area (Å²) < 4.78 is 41.3. The van der Waals surface area contributed by atoms with Gasteiger partial charge in [0.05, 0.1) is 29.9 Å². The van der Waals surface area contributed by atoms with Crippen molar-refractivity contribution in [3.05, 3.63) is 23.0 Å². The Balaban J connectivity index is 1.61. The number of carbonyl (C=O) groups is 2. The number of fused-ring (bicyclic) bond motifs is 7. The fraction of sp³-hybridized carbons (Fsp3) is 0.759. The molecule has 5 rings (SSSR count). The lowest BCUT2D eigenvalue weighted by atomic mass is 9.44. The number of hydrogen-bond donors (Lipinski definition) is 1. The maximum atomic E-state index is 17.8. The SMILES string of the molecule is CC(=O)OCC(=O)[C@@]12OC(C)(C)O[C@@H]1C[C@H]1[C@@H]3CC(C#N)=C4C=C(OCCCl)CC[C@]4(C)[C@@]3(F)[C@H](O)C[C@]12C. The number of aliphatic hydroxyl groups excluding tert-OH is 1. The van der Waals surface area contributed by atoms with Crippen LogP contribution in [0.4, 0.5) is 4.39 Å². The van der Waals surface area contributed by atoms with Crippen molar-refractivity contribution in [1.82, 2.24) is 0 Å². The number of ether oxygens (including phenoxy) is 4. The molecule has 8 nitrogen and oxygen atoms in total. The lowest BCUT2D eigenvalue weighted by Gasteiger charge is -2.63. The molecule has 2 saturated carbocycles. The highest BCUT2D eigenvalue weighted by molar-refractivity contribution is 6.17. The van der Waals surface area contributed by atoms with E-state index in [4.69, 9.17) is 30.5 Å². The van der Waals surface area contributed by atoms with Crippen molar-refractivity contribution in [2.24, 2.45) is 22.7 Å². The molecule has 0 aromatic carbocycles. The lowest BCUT2D eigenvalue weighted by Crippen LogP contribution is -2.70. The van der Waals surface area contributed by atoms with Gasteiger partial charge in [-0.1, -0.05) is 13.8 Å². The van der Waals surface area contributed by atoms with Gasteiger partial charge in [-0.3, -0.25) is 9.59 Å². The van der Waals surface area contributed by atoms with Crippen LogP contribution in [0.3, 0.4) is 0 Å². The summed E-state index contributed by atoms with van der Waals surface area (Å²) in [6.07, 6.45) is 0.798. The third-order valence-electron chi connectivity index (χ3n) is 10.2. The van der Waals surface area contributed by atoms with Gasteiger partial charge in [0.2, 0.25) is 5.78 Å². The predicted octanol–water partition coefficient (Wildman–Crippen LogP) is 4.29. The average Bonchev–Trinajstić information content (AvgIpc) is 3.27. The molecule has 3 fully saturated rings. The standard InChI is InChI=1S/C29H37ClFNO7/c1-16(33)37-15-23(35)29-24(38-25(2,3)39-29)12-20-21-10-17(14-32)19-11-18(36-9-8-30)6-7-26(19,4)28(21,31)22(34)13-27(20,29)5/h11,20-22,24,34H,6-10,12-13,15H2,1-5H3/t20-,21-,22+,24+,26-,27+,28-,29+/m0/s1. The zero-order valence-electron chi connectivity index (χ0n) is 23.1. The fourth-order valence-electron chi connectivity index (χ4n) is 8.70. The van der Waals surface area contributed by atoms with Crippen LogP contribution >= 0.6 is 11.6 Å². The zero-order chi connectivity index (χ0) is 28.6. The van der Waals surface area contributed by atoms with Crippen LogP contribution in [0.2, 0.25) is 0 Å². The van der Waals surface area contributed by atoms with Crippen LogP contribution in [0.25, 0.3) is 0 Å². The van der Waals surface area contributed by atoms with Gasteiger partial charge in [-0.15, -0.1) is 11.6 Å². The maximum Gasteiger partial charge on any atom is 0.303 e. The van der Waals surface area contributed by atoms with E-state index in [2.05, 4.69) is 6.07 Å². The largest absolute Gasteiger partial charge is 0.497 e. The Morgan fingerprint density at radius 3 is 2.64 bits per heavy atom. The molecule has 5 aliphatic rings. The highest BCUT2D eigenvalue weighted by Crippen LogP contribution is 2.73. The van der Waals surface area contributed by atoms with Gasteiger partial charge in [0.1, 0.15) is 12.3 Å². The molecule has 8 atom stereocenters. The van der Waals surface area contributed by atoms with Crippen LogP contribution in [0, 0.1) is 34.0 Å². The molecule has 4 aliphatic carbocycles. The van der Waals surface area contributed by atoms with Gasteiger partial charge >= 0.3 is 5.97 Å². The molecule has 1 saturated heterocycles. The molecule has 0 unspecified atom stereocenters. The number of ketones is 1. The summed E-state index contributed by atoms with van der Waals surface area (Å²) in [5, 5.41) is 22.0. The number of nitrogens with zero attached hydrogens (tertiary/aromatic N) is 1. The number of nitriles is 1. The summed E-state index contributed by atoms with van der Waals surface area (Å²) in [6.45, 7) is 8.10. The summed E-state index contributed by atoms with van der Waals surface area (Å²) in [4.78, 5) is 25.4. The van der Waals surface area contributed by atoms with Crippen LogP contribution in [0.1, 0.15) is 66.7 Å². The number of hydrogen-bond acceptors (Lipinski definition) is 8. The van der Waals surface area contributed by atoms with E-state index in [1.165, 1.54) is 6.92 Å². The van der Waals surface area contributed by atoms with Gasteiger partial charge in [0, 0.05) is 35.7 Å². The highest BCUT2D eigenvalue weighted by atomic mass is 35.5. The summed E-state index contributed by atoms with van der Waals surface area (Å²) in [5.74, 6) is -2.39. The number of carbonyl (C=O) groups excluding carboxylic acids is 2. The minimum absolute atomic E-state index is 0.0451. The molecular weight excluding hydrogens is 529 g/mol.